The zero-order valence-corrected chi connectivity index (χ0v) is 14.1. The molecule has 2 unspecified atom stereocenters. The van der Waals surface area contributed by atoms with E-state index in [1.54, 1.807) is 0 Å². The minimum Gasteiger partial charge on any atom is -0.353 e. The molecule has 4 nitrogen and oxygen atoms in total. The number of carbonyl (C=O) groups is 2. The average molecular weight is 386 g/mol. The lowest BCUT2D eigenvalue weighted by molar-refractivity contribution is -0.122. The largest absolute Gasteiger partial charge is 0.353 e. The Balaban J connectivity index is 3.67. The van der Waals surface area contributed by atoms with Crippen LogP contribution in [0.4, 0.5) is 0 Å². The van der Waals surface area contributed by atoms with E-state index in [1.165, 1.54) is 0 Å². The summed E-state index contributed by atoms with van der Waals surface area (Å²) in [5.74, 6) is -0.0369. The van der Waals surface area contributed by atoms with Crippen LogP contribution in [0.3, 0.4) is 0 Å². The monoisotopic (exact) mass is 384 g/mol. The first kappa shape index (κ1) is 17.9. The standard InChI is InChI=1S/C12H22Br2N2O2/c1-3-5-9(13)11(17)15-7-8-16-12(18)10(14)6-4-2/h9-10H,3-8H2,1-2H3,(H,15,17)(H,16,18). The van der Waals surface area contributed by atoms with Crippen LogP contribution in [-0.4, -0.2) is 34.6 Å². The molecule has 0 saturated heterocycles. The van der Waals surface area contributed by atoms with Crippen molar-refractivity contribution in [2.24, 2.45) is 0 Å². The van der Waals surface area contributed by atoms with Gasteiger partial charge in [0.1, 0.15) is 0 Å². The van der Waals surface area contributed by atoms with Crippen LogP contribution in [0.2, 0.25) is 0 Å². The lowest BCUT2D eigenvalue weighted by Gasteiger charge is -2.12. The van der Waals surface area contributed by atoms with Gasteiger partial charge in [0.15, 0.2) is 0 Å². The van der Waals surface area contributed by atoms with Gasteiger partial charge in [0.05, 0.1) is 9.65 Å². The van der Waals surface area contributed by atoms with Crippen molar-refractivity contribution in [3.63, 3.8) is 0 Å². The first-order valence-electron chi connectivity index (χ1n) is 6.36. The Morgan fingerprint density at radius 1 is 0.889 bits per heavy atom. The minimum absolute atomic E-state index is 0.0185. The van der Waals surface area contributed by atoms with Gasteiger partial charge >= 0.3 is 0 Å². The fourth-order valence-corrected chi connectivity index (χ4v) is 2.60. The van der Waals surface area contributed by atoms with Crippen LogP contribution < -0.4 is 10.6 Å². The van der Waals surface area contributed by atoms with Crippen LogP contribution >= 0.6 is 31.9 Å². The van der Waals surface area contributed by atoms with Gasteiger partial charge in [0, 0.05) is 13.1 Å². The third-order valence-corrected chi connectivity index (χ3v) is 4.12. The highest BCUT2D eigenvalue weighted by Crippen LogP contribution is 2.08. The van der Waals surface area contributed by atoms with Crippen LogP contribution in [-0.2, 0) is 9.59 Å². The molecule has 2 amide bonds. The normalized spacial score (nSPS) is 13.8. The van der Waals surface area contributed by atoms with E-state index in [1.807, 2.05) is 13.8 Å². The molecule has 0 spiro atoms. The zero-order valence-electron chi connectivity index (χ0n) is 11.0. The predicted octanol–water partition coefficient (Wildman–Crippen LogP) is 2.35. The summed E-state index contributed by atoms with van der Waals surface area (Å²) < 4.78 is 0. The molecule has 0 aromatic carbocycles. The third kappa shape index (κ3) is 8.08. The molecule has 0 radical (unpaired) electrons. The van der Waals surface area contributed by atoms with E-state index in [4.69, 9.17) is 0 Å². The maximum atomic E-state index is 11.5. The van der Waals surface area contributed by atoms with Crippen LogP contribution in [0.5, 0.6) is 0 Å². The van der Waals surface area contributed by atoms with Crippen molar-refractivity contribution < 1.29 is 9.59 Å². The first-order chi connectivity index (χ1) is 8.52. The quantitative estimate of drug-likeness (QED) is 0.472. The van der Waals surface area contributed by atoms with Gasteiger partial charge in [-0.2, -0.15) is 0 Å². The molecule has 0 aliphatic rings. The van der Waals surface area contributed by atoms with E-state index in [9.17, 15) is 9.59 Å². The summed E-state index contributed by atoms with van der Waals surface area (Å²) in [7, 11) is 0. The molecule has 106 valence electrons. The smallest absolute Gasteiger partial charge is 0.233 e. The van der Waals surface area contributed by atoms with Crippen molar-refractivity contribution in [1.29, 1.82) is 0 Å². The molecule has 18 heavy (non-hydrogen) atoms. The van der Waals surface area contributed by atoms with Crippen molar-refractivity contribution >= 4 is 43.7 Å². The number of rotatable bonds is 9. The summed E-state index contributed by atoms with van der Waals surface area (Å²) >= 11 is 6.64. The summed E-state index contributed by atoms with van der Waals surface area (Å²) in [4.78, 5) is 22.8. The lowest BCUT2D eigenvalue weighted by atomic mass is 10.2. The van der Waals surface area contributed by atoms with E-state index in [0.29, 0.717) is 13.1 Å². The molecular weight excluding hydrogens is 364 g/mol. The topological polar surface area (TPSA) is 58.2 Å². The molecular formula is C12H22Br2N2O2. The highest BCUT2D eigenvalue weighted by Gasteiger charge is 2.14. The number of hydrogen-bond acceptors (Lipinski definition) is 2. The van der Waals surface area contributed by atoms with Crippen molar-refractivity contribution in [3.8, 4) is 0 Å². The first-order valence-corrected chi connectivity index (χ1v) is 8.19. The van der Waals surface area contributed by atoms with E-state index < -0.39 is 0 Å². The van der Waals surface area contributed by atoms with Gasteiger partial charge in [0.25, 0.3) is 0 Å². The van der Waals surface area contributed by atoms with Crippen LogP contribution in [0.25, 0.3) is 0 Å². The molecule has 0 heterocycles. The molecule has 2 atom stereocenters. The second-order valence-corrected chi connectivity index (χ2v) is 6.31. The fraction of sp³-hybridized carbons (Fsp3) is 0.833. The Bertz CT molecular complexity index is 236. The van der Waals surface area contributed by atoms with Crippen molar-refractivity contribution in [1.82, 2.24) is 10.6 Å². The van der Waals surface area contributed by atoms with Crippen molar-refractivity contribution in [2.75, 3.05) is 13.1 Å². The highest BCUT2D eigenvalue weighted by atomic mass is 79.9. The number of alkyl halides is 2. The number of halogens is 2. The molecule has 0 saturated carbocycles. The van der Waals surface area contributed by atoms with Gasteiger partial charge in [-0.15, -0.1) is 0 Å². The molecule has 2 N–H and O–H groups in total. The van der Waals surface area contributed by atoms with Crippen LogP contribution in [0.15, 0.2) is 0 Å². The second-order valence-electron chi connectivity index (χ2n) is 4.09. The van der Waals surface area contributed by atoms with Gasteiger partial charge in [-0.05, 0) is 12.8 Å². The summed E-state index contributed by atoms with van der Waals surface area (Å²) in [5, 5.41) is 5.56. The van der Waals surface area contributed by atoms with Gasteiger partial charge in [0.2, 0.25) is 11.8 Å². The van der Waals surface area contributed by atoms with E-state index in [0.717, 1.165) is 25.7 Å². The summed E-state index contributed by atoms with van der Waals surface area (Å²) in [6, 6.07) is 0. The SMILES string of the molecule is CCCC(Br)C(=O)NCCNC(=O)C(Br)CCC. The van der Waals surface area contributed by atoms with Crippen LogP contribution in [0, 0.1) is 0 Å². The summed E-state index contributed by atoms with van der Waals surface area (Å²) in [6.07, 6.45) is 3.56. The molecule has 0 aliphatic heterocycles. The fourth-order valence-electron chi connectivity index (χ4n) is 1.36. The molecule has 6 heteroatoms. The summed E-state index contributed by atoms with van der Waals surface area (Å²) in [6.45, 7) is 4.99. The Morgan fingerprint density at radius 2 is 1.22 bits per heavy atom. The maximum Gasteiger partial charge on any atom is 0.233 e. The molecule has 0 fully saturated rings. The molecule has 0 aromatic heterocycles. The Kier molecular flexibility index (Phi) is 10.7. The van der Waals surface area contributed by atoms with Gasteiger partial charge in [-0.25, -0.2) is 0 Å². The number of hydrogen-bond donors (Lipinski definition) is 2. The van der Waals surface area contributed by atoms with Crippen molar-refractivity contribution in [3.05, 3.63) is 0 Å². The lowest BCUT2D eigenvalue weighted by Crippen LogP contribution is -2.39. The highest BCUT2D eigenvalue weighted by molar-refractivity contribution is 9.10. The van der Waals surface area contributed by atoms with Crippen molar-refractivity contribution in [2.45, 2.75) is 49.2 Å². The van der Waals surface area contributed by atoms with Gasteiger partial charge in [-0.1, -0.05) is 58.5 Å². The maximum absolute atomic E-state index is 11.5. The average Bonchev–Trinajstić information content (AvgIpc) is 2.34. The molecule has 0 aromatic rings. The third-order valence-electron chi connectivity index (χ3n) is 2.38. The summed E-state index contributed by atoms with van der Waals surface area (Å²) in [5.41, 5.74) is 0. The number of amides is 2. The molecule has 0 rings (SSSR count). The zero-order chi connectivity index (χ0) is 14.0. The minimum atomic E-state index is -0.137. The van der Waals surface area contributed by atoms with E-state index in [-0.39, 0.29) is 21.5 Å². The second kappa shape index (κ2) is 10.8. The van der Waals surface area contributed by atoms with E-state index >= 15 is 0 Å². The Labute approximate surface area is 126 Å². The van der Waals surface area contributed by atoms with Gasteiger partial charge < -0.3 is 10.6 Å². The molecule has 0 bridgehead atoms. The number of nitrogens with one attached hydrogen (secondary N) is 2. The van der Waals surface area contributed by atoms with Gasteiger partial charge in [-0.3, -0.25) is 9.59 Å². The predicted molar refractivity (Wildman–Crippen MR) is 81.3 cm³/mol. The Hall–Kier alpha value is -0.100. The Morgan fingerprint density at radius 3 is 1.50 bits per heavy atom. The molecule has 0 aliphatic carbocycles. The number of carbonyl (C=O) groups excluding carboxylic acids is 2. The van der Waals surface area contributed by atoms with E-state index in [2.05, 4.69) is 42.5 Å². The van der Waals surface area contributed by atoms with Crippen LogP contribution in [0.1, 0.15) is 39.5 Å².